The highest BCUT2D eigenvalue weighted by molar-refractivity contribution is 5.96. The maximum atomic E-state index is 11.8. The highest BCUT2D eigenvalue weighted by Crippen LogP contribution is 2.19. The largest absolute Gasteiger partial charge is 0.496 e. The topological polar surface area (TPSA) is 52.6 Å². The van der Waals surface area contributed by atoms with E-state index in [0.717, 1.165) is 5.56 Å². The van der Waals surface area contributed by atoms with Crippen LogP contribution in [0.2, 0.25) is 0 Å². The predicted molar refractivity (Wildman–Crippen MR) is 88.7 cm³/mol. The molecule has 0 radical (unpaired) electrons. The summed E-state index contributed by atoms with van der Waals surface area (Å²) < 4.78 is 10.4. The van der Waals surface area contributed by atoms with E-state index in [2.05, 4.69) is 0 Å². The van der Waals surface area contributed by atoms with Crippen molar-refractivity contribution in [1.82, 2.24) is 0 Å². The van der Waals surface area contributed by atoms with Crippen LogP contribution in [0.4, 0.5) is 0 Å². The minimum absolute atomic E-state index is 0.0546. The van der Waals surface area contributed by atoms with Crippen LogP contribution < -0.4 is 9.47 Å². The molecule has 2 aromatic carbocycles. The molecule has 0 saturated carbocycles. The summed E-state index contributed by atoms with van der Waals surface area (Å²) in [4.78, 5) is 23.4. The molecule has 0 amide bonds. The van der Waals surface area contributed by atoms with Gasteiger partial charge in [-0.3, -0.25) is 4.79 Å². The third kappa shape index (κ3) is 4.54. The fourth-order valence-electron chi connectivity index (χ4n) is 2.03. The van der Waals surface area contributed by atoms with E-state index in [9.17, 15) is 9.59 Å². The number of esters is 1. The summed E-state index contributed by atoms with van der Waals surface area (Å²) in [6.45, 7) is 1.80. The zero-order valence-corrected chi connectivity index (χ0v) is 13.1. The molecule has 0 aliphatic heterocycles. The van der Waals surface area contributed by atoms with Crippen molar-refractivity contribution in [2.45, 2.75) is 13.3 Å². The van der Waals surface area contributed by atoms with Gasteiger partial charge in [-0.1, -0.05) is 25.1 Å². The van der Waals surface area contributed by atoms with Crippen LogP contribution in [0.25, 0.3) is 6.08 Å². The van der Waals surface area contributed by atoms with Crippen LogP contribution in [0, 0.1) is 0 Å². The van der Waals surface area contributed by atoms with Crippen molar-refractivity contribution in [2.24, 2.45) is 0 Å². The zero-order valence-electron chi connectivity index (χ0n) is 13.1. The third-order valence-electron chi connectivity index (χ3n) is 3.25. The Balaban J connectivity index is 2.02. The number of ketones is 1. The highest BCUT2D eigenvalue weighted by Gasteiger charge is 2.05. The third-order valence-corrected chi connectivity index (χ3v) is 3.25. The van der Waals surface area contributed by atoms with Gasteiger partial charge in [0.15, 0.2) is 5.78 Å². The number of carbonyl (C=O) groups is 2. The standard InChI is InChI=1S/C19H18O4/c1-3-17(20)14-8-11-16(12-9-14)23-19(21)13-10-15-6-4-5-7-18(15)22-2/h4-13H,3H2,1-2H3/b13-10+. The van der Waals surface area contributed by atoms with Gasteiger partial charge >= 0.3 is 5.97 Å². The van der Waals surface area contributed by atoms with Crippen LogP contribution in [-0.4, -0.2) is 18.9 Å². The number of Topliss-reactive ketones (excluding diaryl/α,β-unsaturated/α-hetero) is 1. The number of benzene rings is 2. The van der Waals surface area contributed by atoms with Gasteiger partial charge in [-0.25, -0.2) is 4.79 Å². The second-order valence-electron chi connectivity index (χ2n) is 4.80. The molecule has 0 N–H and O–H groups in total. The van der Waals surface area contributed by atoms with Crippen LogP contribution in [0.1, 0.15) is 29.3 Å². The van der Waals surface area contributed by atoms with Gasteiger partial charge < -0.3 is 9.47 Å². The van der Waals surface area contributed by atoms with Gasteiger partial charge in [0.05, 0.1) is 7.11 Å². The summed E-state index contributed by atoms with van der Waals surface area (Å²) in [6, 6.07) is 13.9. The van der Waals surface area contributed by atoms with Crippen LogP contribution in [-0.2, 0) is 4.79 Å². The van der Waals surface area contributed by atoms with Crippen LogP contribution in [0.3, 0.4) is 0 Å². The molecule has 0 saturated heterocycles. The molecule has 0 fully saturated rings. The molecule has 0 aromatic heterocycles. The Hall–Kier alpha value is -2.88. The van der Waals surface area contributed by atoms with E-state index < -0.39 is 5.97 Å². The average Bonchev–Trinajstić information content (AvgIpc) is 2.60. The first kappa shape index (κ1) is 16.5. The SMILES string of the molecule is CCC(=O)c1ccc(OC(=O)/C=C/c2ccccc2OC)cc1. The van der Waals surface area contributed by atoms with Crippen LogP contribution in [0.15, 0.2) is 54.6 Å². The van der Waals surface area contributed by atoms with E-state index in [1.165, 1.54) is 6.08 Å². The number of para-hydroxylation sites is 1. The molecule has 0 atom stereocenters. The van der Waals surface area contributed by atoms with E-state index in [0.29, 0.717) is 23.5 Å². The van der Waals surface area contributed by atoms with Crippen molar-refractivity contribution in [2.75, 3.05) is 7.11 Å². The van der Waals surface area contributed by atoms with Crippen molar-refractivity contribution in [3.8, 4) is 11.5 Å². The number of carbonyl (C=O) groups excluding carboxylic acids is 2. The maximum Gasteiger partial charge on any atom is 0.336 e. The molecule has 2 aromatic rings. The second-order valence-corrected chi connectivity index (χ2v) is 4.80. The number of hydrogen-bond acceptors (Lipinski definition) is 4. The number of rotatable bonds is 6. The van der Waals surface area contributed by atoms with Gasteiger partial charge in [-0.15, -0.1) is 0 Å². The Kier molecular flexibility index (Phi) is 5.69. The molecule has 0 bridgehead atoms. The first-order valence-corrected chi connectivity index (χ1v) is 7.30. The van der Waals surface area contributed by atoms with E-state index >= 15 is 0 Å². The van der Waals surface area contributed by atoms with Gasteiger partial charge in [-0.05, 0) is 36.4 Å². The summed E-state index contributed by atoms with van der Waals surface area (Å²) >= 11 is 0. The monoisotopic (exact) mass is 310 g/mol. The molecular formula is C19H18O4. The molecule has 2 rings (SSSR count). The first-order valence-electron chi connectivity index (χ1n) is 7.30. The minimum atomic E-state index is -0.495. The molecule has 0 aliphatic rings. The van der Waals surface area contributed by atoms with Crippen molar-refractivity contribution >= 4 is 17.8 Å². The lowest BCUT2D eigenvalue weighted by Crippen LogP contribution is -2.04. The first-order chi connectivity index (χ1) is 11.1. The predicted octanol–water partition coefficient (Wildman–Crippen LogP) is 3.91. The van der Waals surface area contributed by atoms with Crippen LogP contribution in [0.5, 0.6) is 11.5 Å². The van der Waals surface area contributed by atoms with E-state index in [4.69, 9.17) is 9.47 Å². The van der Waals surface area contributed by atoms with Gasteiger partial charge in [-0.2, -0.15) is 0 Å². The highest BCUT2D eigenvalue weighted by atomic mass is 16.5. The van der Waals surface area contributed by atoms with E-state index in [1.54, 1.807) is 44.4 Å². The summed E-state index contributed by atoms with van der Waals surface area (Å²) in [5.74, 6) is 0.635. The molecule has 4 nitrogen and oxygen atoms in total. The molecule has 0 aliphatic carbocycles. The van der Waals surface area contributed by atoms with Gasteiger partial charge in [0.2, 0.25) is 0 Å². The summed E-state index contributed by atoms with van der Waals surface area (Å²) in [7, 11) is 1.57. The Morgan fingerprint density at radius 3 is 2.39 bits per heavy atom. The maximum absolute atomic E-state index is 11.8. The fraction of sp³-hybridized carbons (Fsp3) is 0.158. The Bertz CT molecular complexity index is 714. The normalized spacial score (nSPS) is 10.5. The lowest BCUT2D eigenvalue weighted by Gasteiger charge is -2.04. The molecule has 0 unspecified atom stereocenters. The quantitative estimate of drug-likeness (QED) is 0.351. The zero-order chi connectivity index (χ0) is 16.7. The molecular weight excluding hydrogens is 292 g/mol. The van der Waals surface area contributed by atoms with Gasteiger partial charge in [0.25, 0.3) is 0 Å². The smallest absolute Gasteiger partial charge is 0.336 e. The minimum Gasteiger partial charge on any atom is -0.496 e. The number of hydrogen-bond donors (Lipinski definition) is 0. The van der Waals surface area contributed by atoms with Crippen molar-refractivity contribution in [3.05, 3.63) is 65.7 Å². The van der Waals surface area contributed by atoms with E-state index in [1.807, 2.05) is 24.3 Å². The lowest BCUT2D eigenvalue weighted by atomic mass is 10.1. The molecule has 118 valence electrons. The number of methoxy groups -OCH3 is 1. The van der Waals surface area contributed by atoms with Crippen molar-refractivity contribution in [3.63, 3.8) is 0 Å². The molecule has 0 heterocycles. The Morgan fingerprint density at radius 1 is 1.04 bits per heavy atom. The second kappa shape index (κ2) is 7.94. The lowest BCUT2D eigenvalue weighted by molar-refractivity contribution is -0.128. The molecule has 23 heavy (non-hydrogen) atoms. The Labute approximate surface area is 135 Å². The summed E-state index contributed by atoms with van der Waals surface area (Å²) in [5.41, 5.74) is 1.40. The number of ether oxygens (including phenoxy) is 2. The van der Waals surface area contributed by atoms with Gasteiger partial charge in [0, 0.05) is 23.6 Å². The summed E-state index contributed by atoms with van der Waals surface area (Å²) in [6.07, 6.45) is 3.42. The Morgan fingerprint density at radius 2 is 1.74 bits per heavy atom. The van der Waals surface area contributed by atoms with Gasteiger partial charge in [0.1, 0.15) is 11.5 Å². The molecule has 0 spiro atoms. The fourth-order valence-corrected chi connectivity index (χ4v) is 2.03. The van der Waals surface area contributed by atoms with Crippen LogP contribution >= 0.6 is 0 Å². The molecule has 4 heteroatoms. The van der Waals surface area contributed by atoms with Crippen molar-refractivity contribution in [1.29, 1.82) is 0 Å². The van der Waals surface area contributed by atoms with Crippen molar-refractivity contribution < 1.29 is 19.1 Å². The average molecular weight is 310 g/mol. The van der Waals surface area contributed by atoms with E-state index in [-0.39, 0.29) is 5.78 Å². The summed E-state index contributed by atoms with van der Waals surface area (Å²) in [5, 5.41) is 0.